The van der Waals surface area contributed by atoms with Crippen molar-refractivity contribution >= 4 is 15.9 Å². The van der Waals surface area contributed by atoms with E-state index in [1.807, 2.05) is 6.07 Å². The van der Waals surface area contributed by atoms with E-state index in [2.05, 4.69) is 10.6 Å². The van der Waals surface area contributed by atoms with Crippen molar-refractivity contribution in [1.29, 1.82) is 5.26 Å². The predicted octanol–water partition coefficient (Wildman–Crippen LogP) is 1.38. The van der Waals surface area contributed by atoms with Crippen LogP contribution in [0.25, 0.3) is 11.1 Å². The zero-order valence-electron chi connectivity index (χ0n) is 17.3. The number of ether oxygens (including phenoxy) is 1. The predicted molar refractivity (Wildman–Crippen MR) is 114 cm³/mol. The lowest BCUT2D eigenvalue weighted by atomic mass is 10.00. The molecule has 2 fully saturated rings. The van der Waals surface area contributed by atoms with Crippen molar-refractivity contribution in [3.8, 4) is 17.2 Å². The Morgan fingerprint density at radius 3 is 2.53 bits per heavy atom. The minimum atomic E-state index is -3.47. The molecule has 2 aliphatic heterocycles. The van der Waals surface area contributed by atoms with E-state index in [1.54, 1.807) is 24.3 Å². The lowest BCUT2D eigenvalue weighted by Gasteiger charge is -2.29. The molecule has 32 heavy (non-hydrogen) atoms. The first-order chi connectivity index (χ1) is 15.4. The molecule has 2 aromatic carbocycles. The first kappa shape index (κ1) is 22.4. The average molecular weight is 459 g/mol. The molecule has 2 aromatic rings. The number of carbonyl (C=O) groups is 1. The molecule has 8 nitrogen and oxygen atoms in total. The maximum absolute atomic E-state index is 14.7. The van der Waals surface area contributed by atoms with Crippen LogP contribution in [0.15, 0.2) is 47.4 Å². The fourth-order valence-corrected chi connectivity index (χ4v) is 5.10. The number of rotatable bonds is 7. The zero-order valence-corrected chi connectivity index (χ0v) is 18.1. The highest BCUT2D eigenvalue weighted by molar-refractivity contribution is 7.89. The van der Waals surface area contributed by atoms with Gasteiger partial charge in [0.25, 0.3) is 5.91 Å². The fraction of sp³-hybridized carbons (Fsp3) is 0.364. The zero-order chi connectivity index (χ0) is 22.7. The molecule has 2 saturated heterocycles. The van der Waals surface area contributed by atoms with Gasteiger partial charge in [0.05, 0.1) is 17.7 Å². The molecular weight excluding hydrogens is 435 g/mol. The number of nitrogens with zero attached hydrogens (tertiary/aromatic N) is 2. The van der Waals surface area contributed by atoms with Crippen LogP contribution in [0.2, 0.25) is 0 Å². The van der Waals surface area contributed by atoms with Crippen LogP contribution in [0.4, 0.5) is 4.39 Å². The van der Waals surface area contributed by atoms with Crippen LogP contribution in [0.3, 0.4) is 0 Å². The van der Waals surface area contributed by atoms with Gasteiger partial charge in [-0.1, -0.05) is 24.3 Å². The van der Waals surface area contributed by atoms with Crippen LogP contribution >= 0.6 is 0 Å². The second kappa shape index (κ2) is 9.34. The van der Waals surface area contributed by atoms with Crippen LogP contribution in [0.1, 0.15) is 12.0 Å². The number of sulfonamides is 1. The number of carbonyl (C=O) groups excluding carboxylic acids is 1. The van der Waals surface area contributed by atoms with Crippen LogP contribution in [-0.2, 0) is 26.0 Å². The van der Waals surface area contributed by atoms with Gasteiger partial charge in [-0.2, -0.15) is 9.57 Å². The molecule has 0 radical (unpaired) electrons. The molecule has 0 saturated carbocycles. The van der Waals surface area contributed by atoms with Gasteiger partial charge in [-0.15, -0.1) is 0 Å². The summed E-state index contributed by atoms with van der Waals surface area (Å²) in [4.78, 5) is 12.3. The Morgan fingerprint density at radius 1 is 1.25 bits per heavy atom. The first-order valence-electron chi connectivity index (χ1n) is 10.3. The molecule has 0 aliphatic carbocycles. The highest BCUT2D eigenvalue weighted by Crippen LogP contribution is 2.26. The maximum Gasteiger partial charge on any atom is 0.251 e. The highest BCUT2D eigenvalue weighted by atomic mass is 32.2. The van der Waals surface area contributed by atoms with E-state index in [-0.39, 0.29) is 18.0 Å². The Hall–Kier alpha value is -2.84. The summed E-state index contributed by atoms with van der Waals surface area (Å²) in [5, 5.41) is 14.8. The first-order valence-corrected chi connectivity index (χ1v) is 11.7. The summed E-state index contributed by atoms with van der Waals surface area (Å²) in [5.41, 5.74) is 1.55. The molecule has 2 N–H and O–H groups in total. The van der Waals surface area contributed by atoms with Crippen molar-refractivity contribution in [3.63, 3.8) is 0 Å². The minimum absolute atomic E-state index is 0.0154. The van der Waals surface area contributed by atoms with Gasteiger partial charge in [-0.3, -0.25) is 10.1 Å². The van der Waals surface area contributed by atoms with Crippen LogP contribution in [0.5, 0.6) is 0 Å². The second-order valence-corrected chi connectivity index (χ2v) is 9.67. The van der Waals surface area contributed by atoms with Gasteiger partial charge < -0.3 is 10.1 Å². The normalized spacial score (nSPS) is 19.7. The highest BCUT2D eigenvalue weighted by Gasteiger charge is 2.29. The third-order valence-corrected chi connectivity index (χ3v) is 7.51. The average Bonchev–Trinajstić information content (AvgIpc) is 3.28. The topological polar surface area (TPSA) is 112 Å². The molecule has 4 rings (SSSR count). The Balaban J connectivity index is 1.44. The van der Waals surface area contributed by atoms with Gasteiger partial charge in [-0.25, -0.2) is 12.8 Å². The van der Waals surface area contributed by atoms with Crippen LogP contribution < -0.4 is 10.6 Å². The Labute approximate surface area is 186 Å². The van der Waals surface area contributed by atoms with E-state index in [4.69, 9.17) is 4.74 Å². The molecule has 2 aliphatic rings. The minimum Gasteiger partial charge on any atom is -0.352 e. The third kappa shape index (κ3) is 4.66. The lowest BCUT2D eigenvalue weighted by molar-refractivity contribution is -0.129. The van der Waals surface area contributed by atoms with E-state index in [0.717, 1.165) is 6.42 Å². The number of nitriles is 1. The monoisotopic (exact) mass is 458 g/mol. The summed E-state index contributed by atoms with van der Waals surface area (Å²) < 4.78 is 46.3. The molecule has 2 heterocycles. The largest absolute Gasteiger partial charge is 0.352 e. The summed E-state index contributed by atoms with van der Waals surface area (Å²) in [6.45, 7) is 1.71. The van der Waals surface area contributed by atoms with Gasteiger partial charge in [-0.05, 0) is 41.3 Å². The van der Waals surface area contributed by atoms with Crippen molar-refractivity contribution in [3.05, 3.63) is 53.8 Å². The lowest BCUT2D eigenvalue weighted by Crippen LogP contribution is -2.43. The smallest absolute Gasteiger partial charge is 0.251 e. The van der Waals surface area contributed by atoms with Crippen LogP contribution in [0, 0.1) is 17.1 Å². The van der Waals surface area contributed by atoms with Gasteiger partial charge >= 0.3 is 0 Å². The van der Waals surface area contributed by atoms with Crippen molar-refractivity contribution < 1.29 is 22.3 Å². The van der Waals surface area contributed by atoms with E-state index in [9.17, 15) is 22.9 Å². The Kier molecular flexibility index (Phi) is 6.53. The van der Waals surface area contributed by atoms with E-state index in [1.165, 1.54) is 22.5 Å². The van der Waals surface area contributed by atoms with Crippen molar-refractivity contribution in [1.82, 2.24) is 14.9 Å². The number of hydrogen-bond donors (Lipinski definition) is 2. The molecule has 10 heteroatoms. The molecule has 2 atom stereocenters. The molecule has 168 valence electrons. The van der Waals surface area contributed by atoms with Gasteiger partial charge in [0, 0.05) is 26.1 Å². The van der Waals surface area contributed by atoms with Gasteiger partial charge in [0.2, 0.25) is 10.0 Å². The molecule has 1 unspecified atom stereocenters. The summed E-state index contributed by atoms with van der Waals surface area (Å²) in [5.74, 6) is -0.917. The van der Waals surface area contributed by atoms with E-state index >= 15 is 0 Å². The Morgan fingerprint density at radius 2 is 1.97 bits per heavy atom. The van der Waals surface area contributed by atoms with Gasteiger partial charge in [0.15, 0.2) is 0 Å². The van der Waals surface area contributed by atoms with Crippen LogP contribution in [-0.4, -0.2) is 57.1 Å². The fourth-order valence-electron chi connectivity index (χ4n) is 3.58. The molecule has 0 bridgehead atoms. The number of halogens is 1. The molecule has 1 amide bonds. The number of amides is 1. The molecule has 0 spiro atoms. The second-order valence-electron chi connectivity index (χ2n) is 7.74. The number of hydrogen-bond acceptors (Lipinski definition) is 6. The molecule has 0 aromatic heterocycles. The molecular formula is C22H23FN4O4S. The quantitative estimate of drug-likeness (QED) is 0.649. The maximum atomic E-state index is 14.7. The van der Waals surface area contributed by atoms with Crippen molar-refractivity contribution in [2.24, 2.45) is 0 Å². The van der Waals surface area contributed by atoms with Crippen molar-refractivity contribution in [2.75, 3.05) is 26.4 Å². The van der Waals surface area contributed by atoms with Gasteiger partial charge in [0.1, 0.15) is 18.0 Å². The summed E-state index contributed by atoms with van der Waals surface area (Å²) in [7, 11) is -3.47. The summed E-state index contributed by atoms with van der Waals surface area (Å²) in [6, 6.07) is 12.1. The number of benzene rings is 2. The summed E-state index contributed by atoms with van der Waals surface area (Å²) >= 11 is 0. The van der Waals surface area contributed by atoms with E-state index < -0.39 is 33.9 Å². The third-order valence-electron chi connectivity index (χ3n) is 5.60. The van der Waals surface area contributed by atoms with E-state index in [0.29, 0.717) is 36.3 Å². The number of nitrogens with one attached hydrogen (secondary N) is 2. The summed E-state index contributed by atoms with van der Waals surface area (Å²) in [6.07, 6.45) is 0.220. The standard InChI is InChI=1S/C22H23FN4O4S/c23-20-11-16(15-4-6-19(7-5-15)32(29,30)27-8-1-9-27)2-3-17(20)10-18(12-24)26-22(28)21-13-25-14-31-21/h2-7,11,18,21,25H,1,8-10,13-14H2,(H,26,28)/t18?,21-/m0/s1. The van der Waals surface area contributed by atoms with Crippen molar-refractivity contribution in [2.45, 2.75) is 29.9 Å². The Bertz CT molecular complexity index is 1140. The SMILES string of the molecule is N#CC(Cc1ccc(-c2ccc(S(=O)(=O)N3CCC3)cc2)cc1F)NC(=O)[C@@H]1CNCO1.